The van der Waals surface area contributed by atoms with Crippen LogP contribution in [0.15, 0.2) is 42.6 Å². The molecule has 0 saturated heterocycles. The second-order valence-electron chi connectivity index (χ2n) is 3.57. The van der Waals surface area contributed by atoms with Crippen LogP contribution in [0, 0.1) is 0 Å². The van der Waals surface area contributed by atoms with Gasteiger partial charge in [0.15, 0.2) is 0 Å². The van der Waals surface area contributed by atoms with Crippen LogP contribution in [0.1, 0.15) is 0 Å². The van der Waals surface area contributed by atoms with E-state index in [1.54, 1.807) is 11.0 Å². The quantitative estimate of drug-likeness (QED) is 0.748. The van der Waals surface area contributed by atoms with E-state index in [4.69, 9.17) is 0 Å². The van der Waals surface area contributed by atoms with Crippen LogP contribution in [0.2, 0.25) is 0 Å². The normalized spacial score (nSPS) is 15.5. The van der Waals surface area contributed by atoms with Crippen LogP contribution in [0.4, 0.5) is 5.69 Å². The summed E-state index contributed by atoms with van der Waals surface area (Å²) in [7, 11) is 0. The van der Waals surface area contributed by atoms with Crippen LogP contribution in [-0.4, -0.2) is 17.4 Å². The molecule has 3 nitrogen and oxygen atoms in total. The van der Waals surface area contributed by atoms with Crippen LogP contribution >= 0.6 is 0 Å². The maximum atomic E-state index is 11.5. The van der Waals surface area contributed by atoms with Gasteiger partial charge in [-0.15, -0.1) is 0 Å². The zero-order valence-electron chi connectivity index (χ0n) is 8.10. The Morgan fingerprint density at radius 2 is 2.13 bits per heavy atom. The molecule has 2 heterocycles. The van der Waals surface area contributed by atoms with E-state index in [9.17, 15) is 4.79 Å². The molecule has 1 aromatic carbocycles. The van der Waals surface area contributed by atoms with Crippen molar-refractivity contribution in [1.29, 1.82) is 0 Å². The maximum absolute atomic E-state index is 11.5. The first kappa shape index (κ1) is 8.29. The molecule has 74 valence electrons. The van der Waals surface area contributed by atoms with Gasteiger partial charge in [0, 0.05) is 29.7 Å². The van der Waals surface area contributed by atoms with Gasteiger partial charge in [-0.1, -0.05) is 24.3 Å². The van der Waals surface area contributed by atoms with Gasteiger partial charge in [-0.05, 0) is 6.07 Å². The number of benzene rings is 1. The van der Waals surface area contributed by atoms with E-state index in [1.165, 1.54) is 0 Å². The molecule has 0 spiro atoms. The van der Waals surface area contributed by atoms with Gasteiger partial charge in [0.25, 0.3) is 5.91 Å². The van der Waals surface area contributed by atoms with Crippen molar-refractivity contribution in [2.24, 2.45) is 0 Å². The zero-order chi connectivity index (χ0) is 10.3. The van der Waals surface area contributed by atoms with Gasteiger partial charge in [0.1, 0.15) is 0 Å². The van der Waals surface area contributed by atoms with Crippen molar-refractivity contribution in [2.75, 3.05) is 11.4 Å². The maximum Gasteiger partial charge on any atom is 0.251 e. The molecule has 0 atom stereocenters. The molecule has 0 fully saturated rings. The predicted octanol–water partition coefficient (Wildman–Crippen LogP) is 2.07. The summed E-state index contributed by atoms with van der Waals surface area (Å²) >= 11 is 0. The van der Waals surface area contributed by atoms with E-state index in [0.29, 0.717) is 6.54 Å². The minimum absolute atomic E-state index is 0.0553. The first-order valence-corrected chi connectivity index (χ1v) is 4.90. The van der Waals surface area contributed by atoms with E-state index in [1.807, 2.05) is 36.5 Å². The third kappa shape index (κ3) is 1.16. The fourth-order valence-electron chi connectivity index (χ4n) is 1.94. The van der Waals surface area contributed by atoms with E-state index >= 15 is 0 Å². The summed E-state index contributed by atoms with van der Waals surface area (Å²) in [5.74, 6) is 0.0553. The Morgan fingerprint density at radius 3 is 2.93 bits per heavy atom. The van der Waals surface area contributed by atoms with Crippen molar-refractivity contribution in [3.05, 3.63) is 42.6 Å². The molecule has 0 saturated carbocycles. The third-order valence-corrected chi connectivity index (χ3v) is 2.67. The molecule has 1 amide bonds. The Bertz CT molecular complexity index is 554. The summed E-state index contributed by atoms with van der Waals surface area (Å²) in [4.78, 5) is 16.5. The van der Waals surface area contributed by atoms with Crippen LogP contribution in [-0.2, 0) is 4.79 Å². The van der Waals surface area contributed by atoms with Gasteiger partial charge in [-0.3, -0.25) is 4.79 Å². The van der Waals surface area contributed by atoms with Gasteiger partial charge in [-0.2, -0.15) is 0 Å². The monoisotopic (exact) mass is 198 g/mol. The number of hydrogen-bond donors (Lipinski definition) is 1. The highest BCUT2D eigenvalue weighted by Crippen LogP contribution is 2.27. The van der Waals surface area contributed by atoms with Crippen LogP contribution in [0.5, 0.6) is 0 Å². The number of aromatic amines is 1. The number of anilines is 1. The Hall–Kier alpha value is -2.03. The largest absolute Gasteiger partial charge is 0.359 e. The highest BCUT2D eigenvalue weighted by molar-refractivity contribution is 6.09. The first-order valence-electron chi connectivity index (χ1n) is 4.90. The van der Waals surface area contributed by atoms with Gasteiger partial charge >= 0.3 is 0 Å². The number of amides is 1. The molecule has 3 rings (SSSR count). The summed E-state index contributed by atoms with van der Waals surface area (Å²) in [6, 6.07) is 7.99. The Balaban J connectivity index is 2.15. The molecule has 0 bridgehead atoms. The van der Waals surface area contributed by atoms with Gasteiger partial charge < -0.3 is 9.88 Å². The SMILES string of the molecule is O=C1C=CCN1c1c[nH]c2ccccc12. The number of hydrogen-bond acceptors (Lipinski definition) is 1. The molecule has 15 heavy (non-hydrogen) atoms. The number of para-hydroxylation sites is 1. The number of nitrogens with zero attached hydrogens (tertiary/aromatic N) is 1. The van der Waals surface area contributed by atoms with Crippen LogP contribution in [0.3, 0.4) is 0 Å². The summed E-state index contributed by atoms with van der Waals surface area (Å²) in [6.45, 7) is 0.667. The zero-order valence-corrected chi connectivity index (χ0v) is 8.10. The average molecular weight is 198 g/mol. The van der Waals surface area contributed by atoms with Crippen molar-refractivity contribution < 1.29 is 4.79 Å². The fourth-order valence-corrected chi connectivity index (χ4v) is 1.94. The number of carbonyl (C=O) groups excluding carboxylic acids is 1. The van der Waals surface area contributed by atoms with Gasteiger partial charge in [-0.25, -0.2) is 0 Å². The van der Waals surface area contributed by atoms with E-state index in [0.717, 1.165) is 16.6 Å². The molecule has 0 radical (unpaired) electrons. The molecule has 3 heteroatoms. The van der Waals surface area contributed by atoms with Crippen molar-refractivity contribution >= 4 is 22.5 Å². The fraction of sp³-hybridized carbons (Fsp3) is 0.0833. The van der Waals surface area contributed by atoms with Gasteiger partial charge in [0.2, 0.25) is 0 Å². The number of fused-ring (bicyclic) bond motifs is 1. The second-order valence-corrected chi connectivity index (χ2v) is 3.57. The number of rotatable bonds is 1. The van der Waals surface area contributed by atoms with Crippen LogP contribution < -0.4 is 4.90 Å². The standard InChI is InChI=1S/C12H10N2O/c15-12-6-3-7-14(12)11-8-13-10-5-2-1-4-9(10)11/h1-6,8,13H,7H2. The third-order valence-electron chi connectivity index (χ3n) is 2.67. The Morgan fingerprint density at radius 1 is 1.27 bits per heavy atom. The summed E-state index contributed by atoms with van der Waals surface area (Å²) in [5, 5.41) is 1.09. The first-order chi connectivity index (χ1) is 7.36. The molecule has 2 aromatic rings. The lowest BCUT2D eigenvalue weighted by molar-refractivity contribution is -0.113. The minimum Gasteiger partial charge on any atom is -0.359 e. The average Bonchev–Trinajstić information content (AvgIpc) is 2.83. The Labute approximate surface area is 87.0 Å². The van der Waals surface area contributed by atoms with Crippen LogP contribution in [0.25, 0.3) is 10.9 Å². The number of nitrogens with one attached hydrogen (secondary N) is 1. The van der Waals surface area contributed by atoms with E-state index in [-0.39, 0.29) is 5.91 Å². The molecule has 0 aliphatic carbocycles. The minimum atomic E-state index is 0.0553. The van der Waals surface area contributed by atoms with Crippen molar-refractivity contribution in [2.45, 2.75) is 0 Å². The smallest absolute Gasteiger partial charge is 0.251 e. The lowest BCUT2D eigenvalue weighted by Gasteiger charge is -2.13. The highest BCUT2D eigenvalue weighted by atomic mass is 16.2. The predicted molar refractivity (Wildman–Crippen MR) is 59.8 cm³/mol. The molecule has 1 N–H and O–H groups in total. The molecule has 1 aromatic heterocycles. The van der Waals surface area contributed by atoms with Crippen molar-refractivity contribution in [3.63, 3.8) is 0 Å². The number of carbonyl (C=O) groups is 1. The second kappa shape index (κ2) is 2.98. The summed E-state index contributed by atoms with van der Waals surface area (Å²) in [5.41, 5.74) is 2.02. The highest BCUT2D eigenvalue weighted by Gasteiger charge is 2.19. The molecular weight excluding hydrogens is 188 g/mol. The molecule has 1 aliphatic heterocycles. The number of aromatic nitrogens is 1. The van der Waals surface area contributed by atoms with E-state index < -0.39 is 0 Å². The molecule has 0 unspecified atom stereocenters. The molecular formula is C12H10N2O. The lowest BCUT2D eigenvalue weighted by atomic mass is 10.2. The number of H-pyrrole nitrogens is 1. The van der Waals surface area contributed by atoms with E-state index in [2.05, 4.69) is 4.98 Å². The lowest BCUT2D eigenvalue weighted by Crippen LogP contribution is -2.24. The topological polar surface area (TPSA) is 36.1 Å². The van der Waals surface area contributed by atoms with Crippen molar-refractivity contribution in [1.82, 2.24) is 4.98 Å². The summed E-state index contributed by atoms with van der Waals surface area (Å²) in [6.07, 6.45) is 5.38. The molecule has 1 aliphatic rings. The van der Waals surface area contributed by atoms with Gasteiger partial charge in [0.05, 0.1) is 5.69 Å². The summed E-state index contributed by atoms with van der Waals surface area (Å²) < 4.78 is 0. The Kier molecular flexibility index (Phi) is 1.65. The van der Waals surface area contributed by atoms with Crippen molar-refractivity contribution in [3.8, 4) is 0 Å².